The number of rotatable bonds is 6. The molecule has 0 N–H and O–H groups in total. The molecule has 0 radical (unpaired) electrons. The summed E-state index contributed by atoms with van der Waals surface area (Å²) in [5.74, 6) is 0.498. The fourth-order valence-corrected chi connectivity index (χ4v) is 6.61. The van der Waals surface area contributed by atoms with Gasteiger partial charge in [0, 0.05) is 43.9 Å². The van der Waals surface area contributed by atoms with Crippen LogP contribution >= 0.6 is 11.3 Å². The number of hydrogen-bond donors (Lipinski definition) is 0. The molecule has 1 saturated heterocycles. The summed E-state index contributed by atoms with van der Waals surface area (Å²) < 4.78 is 35.5. The number of para-hydroxylation sites is 1. The Morgan fingerprint density at radius 1 is 1.09 bits per heavy atom. The van der Waals surface area contributed by atoms with Crippen LogP contribution in [-0.4, -0.2) is 61.4 Å². The number of aromatic nitrogens is 1. The van der Waals surface area contributed by atoms with E-state index in [1.807, 2.05) is 38.1 Å². The van der Waals surface area contributed by atoms with Crippen LogP contribution in [0.15, 0.2) is 58.2 Å². The molecule has 2 aromatic carbocycles. The van der Waals surface area contributed by atoms with E-state index < -0.39 is 10.0 Å². The van der Waals surface area contributed by atoms with Gasteiger partial charge in [-0.25, -0.2) is 8.42 Å². The molecular formula is C24H27N3O5S2. The van der Waals surface area contributed by atoms with Crippen molar-refractivity contribution in [3.63, 3.8) is 0 Å². The van der Waals surface area contributed by atoms with Crippen molar-refractivity contribution in [3.05, 3.63) is 63.8 Å². The van der Waals surface area contributed by atoms with Crippen LogP contribution < -0.4 is 9.61 Å². The van der Waals surface area contributed by atoms with Gasteiger partial charge in [-0.15, -0.1) is 0 Å². The maximum Gasteiger partial charge on any atom is 0.308 e. The Bertz CT molecular complexity index is 1400. The number of hydrogen-bond acceptors (Lipinski definition) is 6. The van der Waals surface area contributed by atoms with Crippen LogP contribution in [-0.2, 0) is 14.8 Å². The first-order valence-corrected chi connectivity index (χ1v) is 13.2. The maximum absolute atomic E-state index is 13.2. The molecule has 180 valence electrons. The largest absolute Gasteiger partial charge is 0.496 e. The van der Waals surface area contributed by atoms with Gasteiger partial charge in [-0.1, -0.05) is 29.5 Å². The SMILES string of the molecule is COc1ccccc1/C=C/C(=O)N1CCN(S(=O)(=O)c2ccc3c(c2)sc(=O)n3C(C)C)CC1. The predicted molar refractivity (Wildman–Crippen MR) is 134 cm³/mol. The number of carbonyl (C=O) groups is 1. The number of nitrogens with zero attached hydrogens (tertiary/aromatic N) is 3. The quantitative estimate of drug-likeness (QED) is 0.484. The van der Waals surface area contributed by atoms with Crippen molar-refractivity contribution in [1.29, 1.82) is 0 Å². The van der Waals surface area contributed by atoms with Crippen LogP contribution in [0.4, 0.5) is 0 Å². The molecule has 3 aromatic rings. The minimum Gasteiger partial charge on any atom is -0.496 e. The summed E-state index contributed by atoms with van der Waals surface area (Å²) in [4.78, 5) is 26.6. The van der Waals surface area contributed by atoms with E-state index in [1.165, 1.54) is 10.4 Å². The third-order valence-corrected chi connectivity index (χ3v) is 8.65. The Balaban J connectivity index is 1.45. The van der Waals surface area contributed by atoms with Crippen LogP contribution in [0.25, 0.3) is 16.3 Å². The Labute approximate surface area is 202 Å². The minimum atomic E-state index is -3.73. The highest BCUT2D eigenvalue weighted by molar-refractivity contribution is 7.89. The van der Waals surface area contributed by atoms with E-state index in [4.69, 9.17) is 4.74 Å². The number of methoxy groups -OCH3 is 1. The fraction of sp³-hybridized carbons (Fsp3) is 0.333. The van der Waals surface area contributed by atoms with E-state index in [1.54, 1.807) is 40.9 Å². The molecule has 4 rings (SSSR count). The first kappa shape index (κ1) is 24.2. The van der Waals surface area contributed by atoms with Gasteiger partial charge in [-0.2, -0.15) is 4.31 Å². The number of fused-ring (bicyclic) bond motifs is 1. The van der Waals surface area contributed by atoms with E-state index >= 15 is 0 Å². The Morgan fingerprint density at radius 3 is 2.47 bits per heavy atom. The molecule has 0 atom stereocenters. The normalized spacial score (nSPS) is 15.5. The van der Waals surface area contributed by atoms with Gasteiger partial charge in [0.15, 0.2) is 0 Å². The smallest absolute Gasteiger partial charge is 0.308 e. The van der Waals surface area contributed by atoms with Gasteiger partial charge in [0.05, 0.1) is 22.2 Å². The van der Waals surface area contributed by atoms with Crippen molar-refractivity contribution in [3.8, 4) is 5.75 Å². The molecule has 34 heavy (non-hydrogen) atoms. The number of benzene rings is 2. The van der Waals surface area contributed by atoms with Crippen molar-refractivity contribution in [2.45, 2.75) is 24.8 Å². The molecule has 0 spiro atoms. The van der Waals surface area contributed by atoms with Crippen LogP contribution in [0.3, 0.4) is 0 Å². The summed E-state index contributed by atoms with van der Waals surface area (Å²) in [6.45, 7) is 4.85. The van der Waals surface area contributed by atoms with Crippen LogP contribution in [0.2, 0.25) is 0 Å². The second-order valence-corrected chi connectivity index (χ2v) is 11.2. The fourth-order valence-electron chi connectivity index (χ4n) is 4.03. The van der Waals surface area contributed by atoms with E-state index in [-0.39, 0.29) is 34.8 Å². The summed E-state index contributed by atoms with van der Waals surface area (Å²) >= 11 is 1.05. The predicted octanol–water partition coefficient (Wildman–Crippen LogP) is 3.20. The molecule has 10 heteroatoms. The zero-order valence-corrected chi connectivity index (χ0v) is 20.9. The van der Waals surface area contributed by atoms with Gasteiger partial charge in [0.1, 0.15) is 5.75 Å². The van der Waals surface area contributed by atoms with Crippen molar-refractivity contribution in [2.75, 3.05) is 33.3 Å². The Kier molecular flexibility index (Phi) is 6.92. The first-order valence-electron chi connectivity index (χ1n) is 11.0. The first-order chi connectivity index (χ1) is 16.2. The number of carbonyl (C=O) groups excluding carboxylic acids is 1. The van der Waals surface area contributed by atoms with Crippen molar-refractivity contribution >= 4 is 43.6 Å². The summed E-state index contributed by atoms with van der Waals surface area (Å²) in [6.07, 6.45) is 3.19. The van der Waals surface area contributed by atoms with Crippen LogP contribution in [0.5, 0.6) is 5.75 Å². The highest BCUT2D eigenvalue weighted by Gasteiger charge is 2.30. The van der Waals surface area contributed by atoms with E-state index in [2.05, 4.69) is 0 Å². The molecular weight excluding hydrogens is 474 g/mol. The molecule has 1 aromatic heterocycles. The molecule has 0 unspecified atom stereocenters. The number of thiazole rings is 1. The van der Waals surface area contributed by atoms with Crippen LogP contribution in [0.1, 0.15) is 25.5 Å². The molecule has 1 aliphatic rings. The highest BCUT2D eigenvalue weighted by atomic mass is 32.2. The lowest BCUT2D eigenvalue weighted by atomic mass is 10.2. The Morgan fingerprint density at radius 2 is 1.79 bits per heavy atom. The topological polar surface area (TPSA) is 88.9 Å². The van der Waals surface area contributed by atoms with Crippen molar-refractivity contribution < 1.29 is 17.9 Å². The number of ether oxygens (including phenoxy) is 1. The standard InChI is InChI=1S/C24H27N3O5S2/c1-17(2)27-20-10-9-19(16-22(20)33-24(27)29)34(30,31)26-14-12-25(13-15-26)23(28)11-8-18-6-4-5-7-21(18)32-3/h4-11,16-17H,12-15H2,1-3H3/b11-8+. The zero-order valence-electron chi connectivity index (χ0n) is 19.3. The summed E-state index contributed by atoms with van der Waals surface area (Å²) in [5, 5.41) is 0. The summed E-state index contributed by atoms with van der Waals surface area (Å²) in [5.41, 5.74) is 1.53. The Hall–Kier alpha value is -2.95. The van der Waals surface area contributed by atoms with Gasteiger partial charge in [-0.3, -0.25) is 14.2 Å². The lowest BCUT2D eigenvalue weighted by Gasteiger charge is -2.33. The van der Waals surface area contributed by atoms with E-state index in [0.29, 0.717) is 23.5 Å². The highest BCUT2D eigenvalue weighted by Crippen LogP contribution is 2.26. The molecule has 1 aliphatic heterocycles. The van der Waals surface area contributed by atoms with Gasteiger partial charge < -0.3 is 9.64 Å². The van der Waals surface area contributed by atoms with Gasteiger partial charge in [0.25, 0.3) is 0 Å². The van der Waals surface area contributed by atoms with Crippen molar-refractivity contribution in [1.82, 2.24) is 13.8 Å². The second-order valence-electron chi connectivity index (χ2n) is 8.27. The van der Waals surface area contributed by atoms with Gasteiger partial charge in [0.2, 0.25) is 15.9 Å². The third-order valence-electron chi connectivity index (χ3n) is 5.83. The summed E-state index contributed by atoms with van der Waals surface area (Å²) in [6, 6.07) is 12.2. The lowest BCUT2D eigenvalue weighted by Crippen LogP contribution is -2.50. The molecule has 2 heterocycles. The number of amides is 1. The molecule has 8 nitrogen and oxygen atoms in total. The third kappa shape index (κ3) is 4.66. The van der Waals surface area contributed by atoms with E-state index in [0.717, 1.165) is 22.4 Å². The second kappa shape index (κ2) is 9.73. The average Bonchev–Trinajstić information content (AvgIpc) is 3.17. The molecule has 0 bridgehead atoms. The summed E-state index contributed by atoms with van der Waals surface area (Å²) in [7, 11) is -2.16. The van der Waals surface area contributed by atoms with Crippen LogP contribution in [0, 0.1) is 0 Å². The lowest BCUT2D eigenvalue weighted by molar-refractivity contribution is -0.127. The maximum atomic E-state index is 13.2. The monoisotopic (exact) mass is 501 g/mol. The number of piperazine rings is 1. The molecule has 0 aliphatic carbocycles. The van der Waals surface area contributed by atoms with Gasteiger partial charge >= 0.3 is 4.87 Å². The average molecular weight is 502 g/mol. The number of sulfonamides is 1. The molecule has 1 amide bonds. The van der Waals surface area contributed by atoms with E-state index in [9.17, 15) is 18.0 Å². The zero-order chi connectivity index (χ0) is 24.5. The molecule has 1 fully saturated rings. The van der Waals surface area contributed by atoms with Gasteiger partial charge in [-0.05, 0) is 44.2 Å². The minimum absolute atomic E-state index is 0.00801. The molecule has 0 saturated carbocycles. The van der Waals surface area contributed by atoms with Crippen molar-refractivity contribution in [2.24, 2.45) is 0 Å².